The molecule has 0 radical (unpaired) electrons. The van der Waals surface area contributed by atoms with Crippen LogP contribution in [0.5, 0.6) is 5.75 Å². The molecule has 25 heavy (non-hydrogen) atoms. The van der Waals surface area contributed by atoms with Gasteiger partial charge in [0.05, 0.1) is 30.4 Å². The molecule has 4 nitrogen and oxygen atoms in total. The Bertz CT molecular complexity index is 783. The molecule has 1 heterocycles. The van der Waals surface area contributed by atoms with Gasteiger partial charge in [0.25, 0.3) is 0 Å². The summed E-state index contributed by atoms with van der Waals surface area (Å²) in [6.07, 6.45) is 3.36. The summed E-state index contributed by atoms with van der Waals surface area (Å²) in [7, 11) is 0. The molecule has 0 aliphatic carbocycles. The SMILES string of the molecule is CCOC(=O)C(C)(C)c1ccc(C#Cc2ccncc2OCC)cc1. The number of aromatic nitrogens is 1. The van der Waals surface area contributed by atoms with Gasteiger partial charge in [-0.25, -0.2) is 0 Å². The molecule has 0 spiro atoms. The lowest BCUT2D eigenvalue weighted by atomic mass is 9.84. The van der Waals surface area contributed by atoms with Crippen LogP contribution in [0.25, 0.3) is 0 Å². The molecule has 0 saturated heterocycles. The topological polar surface area (TPSA) is 48.4 Å². The van der Waals surface area contributed by atoms with Gasteiger partial charge in [-0.15, -0.1) is 0 Å². The van der Waals surface area contributed by atoms with E-state index < -0.39 is 5.41 Å². The Morgan fingerprint density at radius 2 is 1.80 bits per heavy atom. The lowest BCUT2D eigenvalue weighted by Crippen LogP contribution is -2.31. The average molecular weight is 337 g/mol. The molecule has 4 heteroatoms. The number of carbonyl (C=O) groups excluding carboxylic acids is 1. The molecule has 0 aliphatic rings. The first-order valence-electron chi connectivity index (χ1n) is 8.35. The Morgan fingerprint density at radius 3 is 2.44 bits per heavy atom. The van der Waals surface area contributed by atoms with Crippen LogP contribution >= 0.6 is 0 Å². The van der Waals surface area contributed by atoms with E-state index in [1.165, 1.54) is 0 Å². The summed E-state index contributed by atoms with van der Waals surface area (Å²) in [6, 6.07) is 9.47. The van der Waals surface area contributed by atoms with Gasteiger partial charge in [0.1, 0.15) is 0 Å². The van der Waals surface area contributed by atoms with E-state index in [4.69, 9.17) is 9.47 Å². The third-order valence-corrected chi connectivity index (χ3v) is 3.82. The second-order valence-corrected chi connectivity index (χ2v) is 5.98. The summed E-state index contributed by atoms with van der Waals surface area (Å²) >= 11 is 0. The molecule has 0 atom stereocenters. The Morgan fingerprint density at radius 1 is 1.08 bits per heavy atom. The van der Waals surface area contributed by atoms with Gasteiger partial charge in [-0.1, -0.05) is 24.0 Å². The molecule has 130 valence electrons. The van der Waals surface area contributed by atoms with Gasteiger partial charge < -0.3 is 9.47 Å². The maximum Gasteiger partial charge on any atom is 0.315 e. The highest BCUT2D eigenvalue weighted by Crippen LogP contribution is 2.25. The summed E-state index contributed by atoms with van der Waals surface area (Å²) in [5.74, 6) is 6.68. The van der Waals surface area contributed by atoms with E-state index in [9.17, 15) is 4.79 Å². The van der Waals surface area contributed by atoms with E-state index >= 15 is 0 Å². The Balaban J connectivity index is 2.21. The summed E-state index contributed by atoms with van der Waals surface area (Å²) in [6.45, 7) is 8.39. The molecule has 1 aromatic heterocycles. The second kappa shape index (κ2) is 8.34. The van der Waals surface area contributed by atoms with E-state index in [0.717, 1.165) is 16.7 Å². The summed E-state index contributed by atoms with van der Waals surface area (Å²) in [5.41, 5.74) is 1.88. The zero-order chi connectivity index (χ0) is 18.3. The van der Waals surface area contributed by atoms with E-state index in [1.807, 2.05) is 58.0 Å². The fourth-order valence-electron chi connectivity index (χ4n) is 2.29. The Labute approximate surface area is 149 Å². The fourth-order valence-corrected chi connectivity index (χ4v) is 2.29. The predicted molar refractivity (Wildman–Crippen MR) is 97.5 cm³/mol. The maximum absolute atomic E-state index is 12.1. The first-order chi connectivity index (χ1) is 12.0. The normalized spacial score (nSPS) is 10.6. The molecule has 0 unspecified atom stereocenters. The van der Waals surface area contributed by atoms with E-state index in [0.29, 0.717) is 19.0 Å². The molecular weight excluding hydrogens is 314 g/mol. The molecule has 0 bridgehead atoms. The number of carbonyl (C=O) groups is 1. The first-order valence-corrected chi connectivity index (χ1v) is 8.35. The molecule has 0 amide bonds. The summed E-state index contributed by atoms with van der Waals surface area (Å²) in [5, 5.41) is 0. The molecular formula is C21H23NO3. The lowest BCUT2D eigenvalue weighted by molar-refractivity contribution is -0.148. The summed E-state index contributed by atoms with van der Waals surface area (Å²) in [4.78, 5) is 16.1. The van der Waals surface area contributed by atoms with E-state index in [2.05, 4.69) is 16.8 Å². The highest BCUT2D eigenvalue weighted by molar-refractivity contribution is 5.82. The Hall–Kier alpha value is -2.80. The van der Waals surface area contributed by atoms with Crippen molar-refractivity contribution in [1.29, 1.82) is 0 Å². The van der Waals surface area contributed by atoms with Crippen LogP contribution in [-0.2, 0) is 14.9 Å². The van der Waals surface area contributed by atoms with E-state index in [-0.39, 0.29) is 5.97 Å². The van der Waals surface area contributed by atoms with Crippen LogP contribution in [0.3, 0.4) is 0 Å². The van der Waals surface area contributed by atoms with Crippen molar-refractivity contribution in [3.8, 4) is 17.6 Å². The molecule has 0 fully saturated rings. The van der Waals surface area contributed by atoms with Crippen molar-refractivity contribution in [3.05, 3.63) is 59.4 Å². The third kappa shape index (κ3) is 4.60. The zero-order valence-electron chi connectivity index (χ0n) is 15.1. The van der Waals surface area contributed by atoms with Crippen molar-refractivity contribution >= 4 is 5.97 Å². The quantitative estimate of drug-likeness (QED) is 0.616. The smallest absolute Gasteiger partial charge is 0.315 e. The van der Waals surface area contributed by atoms with Crippen molar-refractivity contribution < 1.29 is 14.3 Å². The number of nitrogens with zero attached hydrogens (tertiary/aromatic N) is 1. The zero-order valence-corrected chi connectivity index (χ0v) is 15.1. The van der Waals surface area contributed by atoms with Crippen molar-refractivity contribution in [1.82, 2.24) is 4.98 Å². The first kappa shape index (κ1) is 18.5. The van der Waals surface area contributed by atoms with Crippen LogP contribution in [0.4, 0.5) is 0 Å². The highest BCUT2D eigenvalue weighted by atomic mass is 16.5. The largest absolute Gasteiger partial charge is 0.491 e. The van der Waals surface area contributed by atoms with Crippen LogP contribution in [0.2, 0.25) is 0 Å². The predicted octanol–water partition coefficient (Wildman–Crippen LogP) is 3.72. The minimum Gasteiger partial charge on any atom is -0.491 e. The Kier molecular flexibility index (Phi) is 6.19. The van der Waals surface area contributed by atoms with Crippen LogP contribution in [-0.4, -0.2) is 24.2 Å². The molecule has 2 aromatic rings. The number of ether oxygens (including phenoxy) is 2. The van der Waals surface area contributed by atoms with Crippen LogP contribution < -0.4 is 4.74 Å². The molecule has 1 aromatic carbocycles. The second-order valence-electron chi connectivity index (χ2n) is 5.98. The van der Waals surface area contributed by atoms with Crippen molar-refractivity contribution in [2.45, 2.75) is 33.1 Å². The fraction of sp³-hybridized carbons (Fsp3) is 0.333. The summed E-state index contributed by atoms with van der Waals surface area (Å²) < 4.78 is 10.7. The molecule has 0 saturated carbocycles. The van der Waals surface area contributed by atoms with Gasteiger partial charge in [0.15, 0.2) is 5.75 Å². The standard InChI is InChI=1S/C21H23NO3/c1-5-24-19-15-22-14-13-17(19)10-7-16-8-11-18(12-9-16)21(3,4)20(23)25-6-2/h8-9,11-15H,5-6H2,1-4H3. The maximum atomic E-state index is 12.1. The van der Waals surface area contributed by atoms with Gasteiger partial charge >= 0.3 is 5.97 Å². The van der Waals surface area contributed by atoms with Gasteiger partial charge in [-0.3, -0.25) is 9.78 Å². The number of hydrogen-bond donors (Lipinski definition) is 0. The van der Waals surface area contributed by atoms with Crippen molar-refractivity contribution in [3.63, 3.8) is 0 Å². The van der Waals surface area contributed by atoms with Crippen LogP contribution in [0, 0.1) is 11.8 Å². The van der Waals surface area contributed by atoms with E-state index in [1.54, 1.807) is 12.4 Å². The van der Waals surface area contributed by atoms with Crippen LogP contribution in [0.1, 0.15) is 44.4 Å². The minimum absolute atomic E-state index is 0.230. The lowest BCUT2D eigenvalue weighted by Gasteiger charge is -2.22. The minimum atomic E-state index is -0.685. The number of pyridine rings is 1. The van der Waals surface area contributed by atoms with Crippen molar-refractivity contribution in [2.75, 3.05) is 13.2 Å². The van der Waals surface area contributed by atoms with Gasteiger partial charge in [-0.2, -0.15) is 0 Å². The molecule has 0 aliphatic heterocycles. The van der Waals surface area contributed by atoms with Gasteiger partial charge in [0.2, 0.25) is 0 Å². The van der Waals surface area contributed by atoms with Crippen LogP contribution in [0.15, 0.2) is 42.7 Å². The highest BCUT2D eigenvalue weighted by Gasteiger charge is 2.31. The monoisotopic (exact) mass is 337 g/mol. The number of benzene rings is 1. The molecule has 2 rings (SSSR count). The average Bonchev–Trinajstić information content (AvgIpc) is 2.62. The number of rotatable bonds is 5. The molecule has 0 N–H and O–H groups in total. The number of esters is 1. The number of hydrogen-bond acceptors (Lipinski definition) is 4. The van der Waals surface area contributed by atoms with Gasteiger partial charge in [0, 0.05) is 11.8 Å². The third-order valence-electron chi connectivity index (χ3n) is 3.82. The van der Waals surface area contributed by atoms with Gasteiger partial charge in [-0.05, 0) is 51.5 Å². The van der Waals surface area contributed by atoms with Crippen molar-refractivity contribution in [2.24, 2.45) is 0 Å².